The van der Waals surface area contributed by atoms with E-state index in [2.05, 4.69) is 11.8 Å². The van der Waals surface area contributed by atoms with Crippen molar-refractivity contribution >= 4 is 0 Å². The van der Waals surface area contributed by atoms with Crippen molar-refractivity contribution in [2.24, 2.45) is 0 Å². The van der Waals surface area contributed by atoms with E-state index in [4.69, 9.17) is 5.11 Å². The maximum absolute atomic E-state index is 12.6. The van der Waals surface area contributed by atoms with Crippen molar-refractivity contribution in [2.75, 3.05) is 26.2 Å². The molecule has 0 saturated carbocycles. The minimum atomic E-state index is -2.40. The van der Waals surface area contributed by atoms with Crippen LogP contribution in [0, 0.1) is 11.8 Å². The smallest absolute Gasteiger partial charge is 0.381 e. The van der Waals surface area contributed by atoms with Crippen molar-refractivity contribution in [1.29, 1.82) is 0 Å². The third-order valence-electron chi connectivity index (χ3n) is 2.27. The predicted octanol–water partition coefficient (Wildman–Crippen LogP) is 1.06. The van der Waals surface area contributed by atoms with Gasteiger partial charge in [0.05, 0.1) is 13.1 Å². The van der Waals surface area contributed by atoms with Crippen molar-refractivity contribution in [3.8, 4) is 11.8 Å². The molecule has 0 heterocycles. The van der Waals surface area contributed by atoms with Gasteiger partial charge in [-0.05, 0) is 19.8 Å². The van der Waals surface area contributed by atoms with Crippen molar-refractivity contribution in [3.63, 3.8) is 0 Å². The lowest BCUT2D eigenvalue weighted by Gasteiger charge is -2.33. The highest BCUT2D eigenvalue weighted by molar-refractivity contribution is 4.98. The van der Waals surface area contributed by atoms with Crippen LogP contribution >= 0.6 is 0 Å². The maximum atomic E-state index is 12.6. The average molecular weight is 192 g/mol. The van der Waals surface area contributed by atoms with Crippen LogP contribution in [-0.2, 0) is 0 Å². The Morgan fingerprint density at radius 1 is 1.23 bits per heavy atom. The molecule has 0 aromatic heterocycles. The van der Waals surface area contributed by atoms with Crippen LogP contribution in [0.4, 0.5) is 8.78 Å². The number of rotatable bonds is 4. The fourth-order valence-electron chi connectivity index (χ4n) is 1.06. The van der Waals surface area contributed by atoms with E-state index >= 15 is 0 Å². The van der Waals surface area contributed by atoms with Gasteiger partial charge in [0.15, 0.2) is 0 Å². The highest BCUT2D eigenvalue weighted by Gasteiger charge is 2.32. The first kappa shape index (κ1) is 12.3. The molecule has 0 aliphatic rings. The molecule has 2 nitrogen and oxygen atoms in total. The largest absolute Gasteiger partial charge is 0.384 e. The highest BCUT2D eigenvalue weighted by atomic mass is 19.3. The topological polar surface area (TPSA) is 20.2 Å². The van der Waals surface area contributed by atoms with Gasteiger partial charge in [0.2, 0.25) is 0 Å². The molecule has 4 heteroatoms. The fourth-order valence-corrected chi connectivity index (χ4v) is 1.06. The van der Waals surface area contributed by atoms with Crippen molar-refractivity contribution in [2.45, 2.75) is 20.4 Å². The number of quaternary nitrogens is 1. The van der Waals surface area contributed by atoms with Crippen LogP contribution in [0.2, 0.25) is 0 Å². The fraction of sp³-hybridized carbons (Fsp3) is 0.778. The SMILES string of the molecule is CC[N+](CC)(CC#CCO)C(F)F. The number of alkyl halides is 2. The molecular weight excluding hydrogens is 176 g/mol. The van der Waals surface area contributed by atoms with Crippen LogP contribution < -0.4 is 0 Å². The van der Waals surface area contributed by atoms with Gasteiger partial charge in [0, 0.05) is 0 Å². The standard InChI is InChI=1S/C9H16F2NO/c1-3-12(4-2,9(10)11)7-5-6-8-13/h9,13H,3-4,7-8H2,1-2H3/q+1. The van der Waals surface area contributed by atoms with Gasteiger partial charge >= 0.3 is 6.55 Å². The Labute approximate surface area is 77.8 Å². The number of hydrogen-bond acceptors (Lipinski definition) is 1. The van der Waals surface area contributed by atoms with Crippen molar-refractivity contribution in [3.05, 3.63) is 0 Å². The van der Waals surface area contributed by atoms with Gasteiger partial charge in [-0.15, -0.1) is 0 Å². The molecular formula is C9H16F2NO+. The summed E-state index contributed by atoms with van der Waals surface area (Å²) in [7, 11) is 0. The number of nitrogens with zero attached hydrogens (tertiary/aromatic N) is 1. The molecule has 0 atom stereocenters. The minimum absolute atomic E-state index is 0.102. The lowest BCUT2D eigenvalue weighted by molar-refractivity contribution is -0.970. The Balaban J connectivity index is 4.39. The molecule has 0 fully saturated rings. The van der Waals surface area contributed by atoms with Gasteiger partial charge in [-0.2, -0.15) is 8.78 Å². The molecule has 0 spiro atoms. The average Bonchev–Trinajstić information content (AvgIpc) is 2.13. The zero-order valence-electron chi connectivity index (χ0n) is 8.06. The summed E-state index contributed by atoms with van der Waals surface area (Å²) < 4.78 is 24.9. The summed E-state index contributed by atoms with van der Waals surface area (Å²) >= 11 is 0. The zero-order chi connectivity index (χ0) is 10.3. The van der Waals surface area contributed by atoms with Gasteiger partial charge in [0.25, 0.3) is 0 Å². The Kier molecular flexibility index (Phi) is 5.60. The molecule has 0 aromatic rings. The van der Waals surface area contributed by atoms with E-state index in [1.165, 1.54) is 0 Å². The van der Waals surface area contributed by atoms with Crippen LogP contribution in [0.15, 0.2) is 0 Å². The normalized spacial score (nSPS) is 11.2. The number of halogens is 2. The molecule has 0 aliphatic heterocycles. The van der Waals surface area contributed by atoms with E-state index in [-0.39, 0.29) is 17.6 Å². The summed E-state index contributed by atoms with van der Waals surface area (Å²) in [6.07, 6.45) is 0. The molecule has 0 bridgehead atoms. The summed E-state index contributed by atoms with van der Waals surface area (Å²) in [5, 5.41) is 8.38. The molecule has 0 aromatic carbocycles. The summed E-state index contributed by atoms with van der Waals surface area (Å²) in [5.41, 5.74) is 0. The van der Waals surface area contributed by atoms with Crippen LogP contribution in [0.1, 0.15) is 13.8 Å². The van der Waals surface area contributed by atoms with E-state index in [0.717, 1.165) is 0 Å². The summed E-state index contributed by atoms with van der Waals surface area (Å²) in [4.78, 5) is 0. The van der Waals surface area contributed by atoms with Crippen molar-refractivity contribution < 1.29 is 18.4 Å². The number of hydrogen-bond donors (Lipinski definition) is 1. The van der Waals surface area contributed by atoms with Crippen LogP contribution in [-0.4, -0.2) is 42.4 Å². The molecule has 0 unspecified atom stereocenters. The maximum Gasteiger partial charge on any atom is 0.381 e. The first-order chi connectivity index (χ1) is 6.13. The molecule has 13 heavy (non-hydrogen) atoms. The minimum Gasteiger partial charge on any atom is -0.384 e. The summed E-state index contributed by atoms with van der Waals surface area (Å²) in [5.74, 6) is 4.94. The van der Waals surface area contributed by atoms with Gasteiger partial charge in [0.1, 0.15) is 13.2 Å². The lowest BCUT2D eigenvalue weighted by atomic mass is 10.3. The molecule has 0 aliphatic carbocycles. The number of aliphatic hydroxyl groups is 1. The summed E-state index contributed by atoms with van der Waals surface area (Å²) in [6.45, 7) is 1.58. The van der Waals surface area contributed by atoms with Crippen LogP contribution in [0.25, 0.3) is 0 Å². The van der Waals surface area contributed by atoms with Gasteiger partial charge in [-0.1, -0.05) is 5.92 Å². The predicted molar refractivity (Wildman–Crippen MR) is 47.1 cm³/mol. The third kappa shape index (κ3) is 3.29. The molecule has 0 amide bonds. The summed E-state index contributed by atoms with van der Waals surface area (Å²) in [6, 6.07) is 0. The quantitative estimate of drug-likeness (QED) is 0.401. The Bertz CT molecular complexity index is 192. The highest BCUT2D eigenvalue weighted by Crippen LogP contribution is 2.15. The Morgan fingerprint density at radius 3 is 2.08 bits per heavy atom. The Hall–Kier alpha value is -0.660. The first-order valence-corrected chi connectivity index (χ1v) is 4.33. The van der Waals surface area contributed by atoms with E-state index in [1.807, 2.05) is 0 Å². The number of aliphatic hydroxyl groups excluding tert-OH is 1. The van der Waals surface area contributed by atoms with Crippen LogP contribution in [0.3, 0.4) is 0 Å². The molecule has 0 saturated heterocycles. The second kappa shape index (κ2) is 5.90. The zero-order valence-corrected chi connectivity index (χ0v) is 8.06. The third-order valence-corrected chi connectivity index (χ3v) is 2.27. The van der Waals surface area contributed by atoms with E-state index in [1.54, 1.807) is 13.8 Å². The lowest BCUT2D eigenvalue weighted by Crippen LogP contribution is -2.51. The van der Waals surface area contributed by atoms with Crippen molar-refractivity contribution in [1.82, 2.24) is 0 Å². The molecule has 76 valence electrons. The second-order valence-electron chi connectivity index (χ2n) is 2.80. The second-order valence-corrected chi connectivity index (χ2v) is 2.80. The van der Waals surface area contributed by atoms with E-state index in [9.17, 15) is 8.78 Å². The van der Waals surface area contributed by atoms with Crippen LogP contribution in [0.5, 0.6) is 0 Å². The van der Waals surface area contributed by atoms with Gasteiger partial charge in [-0.3, -0.25) is 4.48 Å². The van der Waals surface area contributed by atoms with Gasteiger partial charge < -0.3 is 5.11 Å². The monoisotopic (exact) mass is 192 g/mol. The molecule has 0 radical (unpaired) electrons. The Morgan fingerprint density at radius 2 is 1.77 bits per heavy atom. The van der Waals surface area contributed by atoms with E-state index < -0.39 is 6.55 Å². The molecule has 0 rings (SSSR count). The van der Waals surface area contributed by atoms with E-state index in [0.29, 0.717) is 13.1 Å². The van der Waals surface area contributed by atoms with Gasteiger partial charge in [-0.25, -0.2) is 0 Å². The first-order valence-electron chi connectivity index (χ1n) is 4.33. The molecule has 1 N–H and O–H groups in total.